The first-order valence-corrected chi connectivity index (χ1v) is 12.1. The molecule has 1 spiro atoms. The number of Topliss-reactive ketones (excluding diaryl/α,β-unsaturated/α-hetero) is 1. The lowest BCUT2D eigenvalue weighted by atomic mass is 9.59. The van der Waals surface area contributed by atoms with Gasteiger partial charge in [-0.2, -0.15) is 0 Å². The molecule has 0 aliphatic heterocycles. The first-order chi connectivity index (χ1) is 15.7. The van der Waals surface area contributed by atoms with Gasteiger partial charge in [0.05, 0.1) is 5.41 Å². The predicted molar refractivity (Wildman–Crippen MR) is 124 cm³/mol. The Balaban J connectivity index is 1.90. The maximum absolute atomic E-state index is 14.4. The molecule has 34 heavy (non-hydrogen) atoms. The van der Waals surface area contributed by atoms with Crippen molar-refractivity contribution in [2.75, 3.05) is 6.61 Å². The van der Waals surface area contributed by atoms with Gasteiger partial charge < -0.3 is 19.7 Å². The summed E-state index contributed by atoms with van der Waals surface area (Å²) in [6.45, 7) is 12.3. The van der Waals surface area contributed by atoms with Crippen molar-refractivity contribution in [2.45, 2.75) is 72.7 Å². The van der Waals surface area contributed by atoms with Gasteiger partial charge in [0.1, 0.15) is 12.7 Å². The molecule has 2 saturated carbocycles. The molecule has 0 amide bonds. The molecule has 0 aromatic heterocycles. The summed E-state index contributed by atoms with van der Waals surface area (Å²) in [6.07, 6.45) is 2.96. The zero-order valence-corrected chi connectivity index (χ0v) is 21.0. The molecule has 7 heteroatoms. The summed E-state index contributed by atoms with van der Waals surface area (Å²) in [7, 11) is 0. The van der Waals surface area contributed by atoms with Gasteiger partial charge in [-0.15, -0.1) is 0 Å². The zero-order chi connectivity index (χ0) is 25.4. The number of ether oxygens (including phenoxy) is 2. The van der Waals surface area contributed by atoms with Gasteiger partial charge in [0.15, 0.2) is 17.5 Å². The van der Waals surface area contributed by atoms with Crippen LogP contribution in [0.15, 0.2) is 34.9 Å². The predicted octanol–water partition coefficient (Wildman–Crippen LogP) is 2.90. The van der Waals surface area contributed by atoms with Gasteiger partial charge >= 0.3 is 11.9 Å². The molecule has 0 heterocycles. The molecule has 0 unspecified atom stereocenters. The van der Waals surface area contributed by atoms with Crippen molar-refractivity contribution in [3.8, 4) is 0 Å². The molecule has 0 aromatic rings. The Morgan fingerprint density at radius 1 is 1.26 bits per heavy atom. The molecule has 2 bridgehead atoms. The third-order valence-corrected chi connectivity index (χ3v) is 9.14. The first kappa shape index (κ1) is 24.9. The fourth-order valence-electron chi connectivity index (χ4n) is 7.08. The molecule has 4 rings (SSSR count). The largest absolute Gasteiger partial charge is 0.461 e. The highest BCUT2D eigenvalue weighted by Crippen LogP contribution is 2.71. The van der Waals surface area contributed by atoms with Gasteiger partial charge in [-0.1, -0.05) is 39.0 Å². The molecule has 4 aliphatic carbocycles. The Labute approximate surface area is 200 Å². The summed E-state index contributed by atoms with van der Waals surface area (Å²) in [5.74, 6) is -1.83. The van der Waals surface area contributed by atoms with Gasteiger partial charge in [-0.25, -0.2) is 4.79 Å². The summed E-state index contributed by atoms with van der Waals surface area (Å²) in [5.41, 5.74) is -2.47. The molecule has 2 fully saturated rings. The number of aliphatic hydroxyl groups excluding tert-OH is 1. The second-order valence-electron chi connectivity index (χ2n) is 11.2. The van der Waals surface area contributed by atoms with E-state index in [1.165, 1.54) is 6.92 Å². The summed E-state index contributed by atoms with van der Waals surface area (Å²) in [6, 6.07) is 0. The summed E-state index contributed by atoms with van der Waals surface area (Å²) in [5, 5.41) is 24.1. The minimum absolute atomic E-state index is 0.0566. The van der Waals surface area contributed by atoms with Crippen molar-refractivity contribution < 1.29 is 34.1 Å². The highest BCUT2D eigenvalue weighted by molar-refractivity contribution is 5.96. The van der Waals surface area contributed by atoms with Crippen molar-refractivity contribution in [1.82, 2.24) is 0 Å². The fraction of sp³-hybridized carbons (Fsp3) is 0.667. The number of ketones is 1. The first-order valence-electron chi connectivity index (χ1n) is 12.1. The van der Waals surface area contributed by atoms with Gasteiger partial charge in [-0.05, 0) is 61.5 Å². The molecule has 186 valence electrons. The number of hydrogen-bond donors (Lipinski definition) is 2. The average molecular weight is 473 g/mol. The third kappa shape index (κ3) is 3.12. The molecular weight excluding hydrogens is 436 g/mol. The average Bonchev–Trinajstić information content (AvgIpc) is 3.26. The Bertz CT molecular complexity index is 1030. The maximum atomic E-state index is 14.4. The van der Waals surface area contributed by atoms with Gasteiger partial charge in [0, 0.05) is 18.4 Å². The highest BCUT2D eigenvalue weighted by atomic mass is 16.6. The van der Waals surface area contributed by atoms with Crippen molar-refractivity contribution in [3.05, 3.63) is 34.9 Å². The van der Waals surface area contributed by atoms with Crippen molar-refractivity contribution in [3.63, 3.8) is 0 Å². The number of carbonyl (C=O) groups excluding carboxylic acids is 3. The fourth-order valence-corrected chi connectivity index (χ4v) is 7.08. The van der Waals surface area contributed by atoms with E-state index in [1.807, 2.05) is 6.92 Å². The van der Waals surface area contributed by atoms with E-state index in [9.17, 15) is 24.6 Å². The van der Waals surface area contributed by atoms with E-state index in [0.29, 0.717) is 17.6 Å². The Hall–Kier alpha value is -2.25. The Kier molecular flexibility index (Phi) is 5.77. The number of esters is 2. The van der Waals surface area contributed by atoms with Crippen LogP contribution in [-0.2, 0) is 23.9 Å². The summed E-state index contributed by atoms with van der Waals surface area (Å²) in [4.78, 5) is 38.7. The van der Waals surface area contributed by atoms with Crippen LogP contribution in [0.3, 0.4) is 0 Å². The lowest BCUT2D eigenvalue weighted by molar-refractivity contribution is -0.201. The topological polar surface area (TPSA) is 110 Å². The van der Waals surface area contributed by atoms with E-state index in [0.717, 1.165) is 0 Å². The minimum atomic E-state index is -2.13. The van der Waals surface area contributed by atoms with Gasteiger partial charge in [0.2, 0.25) is 0 Å². The lowest BCUT2D eigenvalue weighted by Crippen LogP contribution is -2.65. The lowest BCUT2D eigenvalue weighted by Gasteiger charge is -2.48. The van der Waals surface area contributed by atoms with Crippen LogP contribution in [-0.4, -0.2) is 52.4 Å². The molecule has 0 radical (unpaired) electrons. The van der Waals surface area contributed by atoms with Crippen LogP contribution in [0.4, 0.5) is 0 Å². The number of allylic oxidation sites excluding steroid dienone is 2. The van der Waals surface area contributed by atoms with E-state index in [-0.39, 0.29) is 41.1 Å². The number of carbonyl (C=O) groups is 3. The summed E-state index contributed by atoms with van der Waals surface area (Å²) >= 11 is 0. The zero-order valence-electron chi connectivity index (χ0n) is 21.0. The monoisotopic (exact) mass is 472 g/mol. The number of fused-ring (bicyclic) bond motifs is 3. The van der Waals surface area contributed by atoms with Crippen molar-refractivity contribution >= 4 is 17.7 Å². The van der Waals surface area contributed by atoms with E-state index in [4.69, 9.17) is 9.47 Å². The Morgan fingerprint density at radius 2 is 1.91 bits per heavy atom. The SMILES string of the molecule is C/C=C(/C)C(=O)O[C@@H]1C(C)=C[C@@]23C(=O)[C@H](C=C(COC(C)=O)[C@H](O)[C@@]12O)[C@@H]1[C@H](C[C@@H]3C)C1(C)C. The van der Waals surface area contributed by atoms with Crippen LogP contribution in [0.1, 0.15) is 54.9 Å². The van der Waals surface area contributed by atoms with Crippen LogP contribution < -0.4 is 0 Å². The van der Waals surface area contributed by atoms with E-state index >= 15 is 0 Å². The molecule has 0 aromatic carbocycles. The van der Waals surface area contributed by atoms with Crippen LogP contribution >= 0.6 is 0 Å². The molecular formula is C27H36O7. The number of aliphatic hydroxyl groups is 2. The van der Waals surface area contributed by atoms with Gasteiger partial charge in [-0.3, -0.25) is 9.59 Å². The van der Waals surface area contributed by atoms with Crippen molar-refractivity contribution in [1.29, 1.82) is 0 Å². The van der Waals surface area contributed by atoms with Crippen LogP contribution in [0.2, 0.25) is 0 Å². The van der Waals surface area contributed by atoms with Crippen LogP contribution in [0.5, 0.6) is 0 Å². The molecule has 2 N–H and O–H groups in total. The van der Waals surface area contributed by atoms with E-state index in [2.05, 4.69) is 13.8 Å². The minimum Gasteiger partial charge on any atom is -0.461 e. The van der Waals surface area contributed by atoms with Crippen molar-refractivity contribution in [2.24, 2.45) is 34.5 Å². The number of hydrogen-bond acceptors (Lipinski definition) is 7. The third-order valence-electron chi connectivity index (χ3n) is 9.14. The second-order valence-corrected chi connectivity index (χ2v) is 11.2. The van der Waals surface area contributed by atoms with Gasteiger partial charge in [0.25, 0.3) is 0 Å². The second kappa shape index (κ2) is 7.89. The molecule has 0 saturated heterocycles. The van der Waals surface area contributed by atoms with Crippen LogP contribution in [0, 0.1) is 34.5 Å². The molecule has 7 nitrogen and oxygen atoms in total. The van der Waals surface area contributed by atoms with E-state index in [1.54, 1.807) is 39.0 Å². The highest BCUT2D eigenvalue weighted by Gasteiger charge is 2.76. The normalized spacial score (nSPS) is 42.4. The number of rotatable bonds is 4. The maximum Gasteiger partial charge on any atom is 0.334 e. The van der Waals surface area contributed by atoms with E-state index < -0.39 is 41.1 Å². The smallest absolute Gasteiger partial charge is 0.334 e. The quantitative estimate of drug-likeness (QED) is 0.368. The molecule has 8 atom stereocenters. The summed E-state index contributed by atoms with van der Waals surface area (Å²) < 4.78 is 11.0. The molecule has 4 aliphatic rings. The standard InChI is InChI=1S/C27H36O7/c1-8-13(2)24(31)34-23-14(3)11-26-15(4)9-19-20(25(19,6)7)18(22(26)30)10-17(12-33-16(5)28)21(29)27(23,26)32/h8,10-11,15,18-21,23,29,32H,9,12H2,1-7H3/b13-8-/t15-,18+,19-,20+,21-,23+,26+,27+/m0/s1. The Morgan fingerprint density at radius 3 is 2.50 bits per heavy atom. The van der Waals surface area contributed by atoms with Crippen LogP contribution in [0.25, 0.3) is 0 Å².